The van der Waals surface area contributed by atoms with Crippen LogP contribution in [0.2, 0.25) is 0 Å². The second-order valence-electron chi connectivity index (χ2n) is 9.24. The molecule has 0 saturated carbocycles. The van der Waals surface area contributed by atoms with Gasteiger partial charge in [0.2, 0.25) is 0 Å². The maximum absolute atomic E-state index is 14.4. The second kappa shape index (κ2) is 8.80. The van der Waals surface area contributed by atoms with Crippen molar-refractivity contribution in [1.82, 2.24) is 34.4 Å². The number of likely N-dealkylation sites (tertiary alicyclic amines) is 1. The molecule has 0 amide bonds. The molecule has 3 aromatic heterocycles. The molecule has 0 unspecified atom stereocenters. The van der Waals surface area contributed by atoms with Crippen LogP contribution in [0.4, 0.5) is 14.5 Å². The molecule has 10 heteroatoms. The van der Waals surface area contributed by atoms with Crippen molar-refractivity contribution < 1.29 is 8.78 Å². The summed E-state index contributed by atoms with van der Waals surface area (Å²) in [7, 11) is 2.13. The van der Waals surface area contributed by atoms with Gasteiger partial charge in [0.15, 0.2) is 5.65 Å². The summed E-state index contributed by atoms with van der Waals surface area (Å²) in [6.07, 6.45) is 7.46. The van der Waals surface area contributed by atoms with Gasteiger partial charge in [0, 0.05) is 29.1 Å². The molecule has 1 aliphatic rings. The Morgan fingerprint density at radius 3 is 2.61 bits per heavy atom. The predicted molar refractivity (Wildman–Crippen MR) is 133 cm³/mol. The van der Waals surface area contributed by atoms with Gasteiger partial charge in [-0.1, -0.05) is 5.21 Å². The zero-order chi connectivity index (χ0) is 24.8. The maximum Gasteiger partial charge on any atom is 0.164 e. The van der Waals surface area contributed by atoms with Crippen LogP contribution < -0.4 is 5.73 Å². The number of halogens is 2. The van der Waals surface area contributed by atoms with Gasteiger partial charge in [-0.05, 0) is 74.9 Å². The van der Waals surface area contributed by atoms with Crippen LogP contribution in [0.15, 0.2) is 61.2 Å². The highest BCUT2D eigenvalue weighted by Crippen LogP contribution is 2.30. The number of nitrogens with zero attached hydrogens (tertiary/aromatic N) is 7. The number of pyridine rings is 1. The third kappa shape index (κ3) is 4.09. The van der Waals surface area contributed by atoms with Crippen molar-refractivity contribution in [2.24, 2.45) is 0 Å². The Morgan fingerprint density at radius 2 is 1.81 bits per heavy atom. The van der Waals surface area contributed by atoms with E-state index >= 15 is 0 Å². The lowest BCUT2D eigenvalue weighted by atomic mass is 10.0. The van der Waals surface area contributed by atoms with E-state index in [4.69, 9.17) is 5.73 Å². The van der Waals surface area contributed by atoms with Crippen molar-refractivity contribution in [3.05, 3.63) is 72.8 Å². The van der Waals surface area contributed by atoms with Crippen LogP contribution in [-0.2, 0) is 0 Å². The van der Waals surface area contributed by atoms with E-state index in [0.717, 1.165) is 43.3 Å². The minimum atomic E-state index is -0.655. The number of imidazole rings is 1. The highest BCUT2D eigenvalue weighted by atomic mass is 19.1. The number of anilines is 1. The summed E-state index contributed by atoms with van der Waals surface area (Å²) in [4.78, 5) is 11.5. The number of hydrogen-bond donors (Lipinski definition) is 1. The molecule has 2 aromatic carbocycles. The average molecular weight is 487 g/mol. The molecule has 5 aromatic rings. The minimum Gasteiger partial charge on any atom is -0.399 e. The van der Waals surface area contributed by atoms with Gasteiger partial charge in [0.25, 0.3) is 0 Å². The number of piperidine rings is 1. The molecule has 0 atom stereocenters. The van der Waals surface area contributed by atoms with E-state index in [-0.39, 0.29) is 5.56 Å². The lowest BCUT2D eigenvalue weighted by molar-refractivity contribution is 0.210. The summed E-state index contributed by atoms with van der Waals surface area (Å²) in [6.45, 7) is 2.09. The Bertz CT molecular complexity index is 1570. The van der Waals surface area contributed by atoms with Crippen molar-refractivity contribution in [2.75, 3.05) is 25.9 Å². The van der Waals surface area contributed by atoms with Crippen LogP contribution in [0.1, 0.15) is 18.9 Å². The first-order chi connectivity index (χ1) is 17.4. The number of fused-ring (bicyclic) bond motifs is 1. The van der Waals surface area contributed by atoms with Gasteiger partial charge in [-0.25, -0.2) is 23.4 Å². The summed E-state index contributed by atoms with van der Waals surface area (Å²) in [5, 5.41) is 8.73. The Labute approximate surface area is 206 Å². The topological polar surface area (TPSA) is 90.7 Å². The third-order valence-electron chi connectivity index (χ3n) is 6.72. The van der Waals surface area contributed by atoms with E-state index < -0.39 is 11.6 Å². The molecule has 2 N–H and O–H groups in total. The van der Waals surface area contributed by atoms with Crippen molar-refractivity contribution >= 4 is 16.9 Å². The van der Waals surface area contributed by atoms with Gasteiger partial charge < -0.3 is 10.6 Å². The van der Waals surface area contributed by atoms with E-state index in [1.165, 1.54) is 12.1 Å². The molecule has 36 heavy (non-hydrogen) atoms. The van der Waals surface area contributed by atoms with Gasteiger partial charge in [-0.15, -0.1) is 5.10 Å². The standard InChI is InChI=1S/C26H24F2N8/c1-34-6-4-20(5-7-34)36-14-25(32-33-36)17-10-24-26(30-13-17)35(15-31-24)21-9-16(8-19(29)12-21)22-3-2-18(27)11-23(22)28/h2-3,8-15,20H,4-7,29H2,1H3. The first-order valence-corrected chi connectivity index (χ1v) is 11.7. The second-order valence-corrected chi connectivity index (χ2v) is 9.24. The van der Waals surface area contributed by atoms with Crippen molar-refractivity contribution in [2.45, 2.75) is 18.9 Å². The predicted octanol–water partition coefficient (Wildman–Crippen LogP) is 4.47. The van der Waals surface area contributed by atoms with E-state index in [1.807, 2.05) is 16.9 Å². The zero-order valence-corrected chi connectivity index (χ0v) is 19.6. The molecular weight excluding hydrogens is 462 g/mol. The molecule has 1 saturated heterocycles. The van der Waals surface area contributed by atoms with Gasteiger partial charge in [0.05, 0.1) is 17.9 Å². The normalized spacial score (nSPS) is 15.1. The fourth-order valence-electron chi connectivity index (χ4n) is 4.73. The van der Waals surface area contributed by atoms with Crippen molar-refractivity contribution in [3.8, 4) is 28.1 Å². The van der Waals surface area contributed by atoms with Crippen LogP contribution in [0, 0.1) is 11.6 Å². The molecule has 0 spiro atoms. The molecule has 0 radical (unpaired) electrons. The van der Waals surface area contributed by atoms with Crippen LogP contribution in [-0.4, -0.2) is 54.6 Å². The van der Waals surface area contributed by atoms with Gasteiger partial charge in [-0.2, -0.15) is 0 Å². The Morgan fingerprint density at radius 1 is 0.972 bits per heavy atom. The van der Waals surface area contributed by atoms with Gasteiger partial charge in [0.1, 0.15) is 29.2 Å². The molecule has 1 fully saturated rings. The van der Waals surface area contributed by atoms with Gasteiger partial charge >= 0.3 is 0 Å². The summed E-state index contributed by atoms with van der Waals surface area (Å²) in [5.74, 6) is -1.29. The Kier molecular flexibility index (Phi) is 5.45. The van der Waals surface area contributed by atoms with Crippen LogP contribution >= 0.6 is 0 Å². The molecule has 0 bridgehead atoms. The molecule has 1 aliphatic heterocycles. The van der Waals surface area contributed by atoms with Crippen LogP contribution in [0.5, 0.6) is 0 Å². The first-order valence-electron chi connectivity index (χ1n) is 11.7. The zero-order valence-electron chi connectivity index (χ0n) is 19.6. The van der Waals surface area contributed by atoms with E-state index in [0.29, 0.717) is 34.1 Å². The molecule has 8 nitrogen and oxygen atoms in total. The lowest BCUT2D eigenvalue weighted by Crippen LogP contribution is -2.31. The summed E-state index contributed by atoms with van der Waals surface area (Å²) in [6, 6.07) is 10.9. The van der Waals surface area contributed by atoms with Crippen molar-refractivity contribution in [1.29, 1.82) is 0 Å². The number of benzene rings is 2. The third-order valence-corrected chi connectivity index (χ3v) is 6.72. The fourth-order valence-corrected chi connectivity index (χ4v) is 4.73. The number of nitrogens with two attached hydrogens (primary N) is 1. The lowest BCUT2D eigenvalue weighted by Gasteiger charge is -2.28. The molecule has 182 valence electrons. The van der Waals surface area contributed by atoms with E-state index in [1.54, 1.807) is 35.3 Å². The van der Waals surface area contributed by atoms with Gasteiger partial charge in [-0.3, -0.25) is 4.57 Å². The first kappa shape index (κ1) is 22.3. The molecule has 4 heterocycles. The number of nitrogen functional groups attached to an aromatic ring is 1. The summed E-state index contributed by atoms with van der Waals surface area (Å²) in [5.41, 5.74) is 10.9. The Hall–Kier alpha value is -4.18. The molecule has 0 aliphatic carbocycles. The fraction of sp³-hybridized carbons (Fsp3) is 0.231. The number of hydrogen-bond acceptors (Lipinski definition) is 6. The number of aromatic nitrogens is 6. The van der Waals surface area contributed by atoms with Crippen molar-refractivity contribution in [3.63, 3.8) is 0 Å². The average Bonchev–Trinajstić information content (AvgIpc) is 3.51. The largest absolute Gasteiger partial charge is 0.399 e. The van der Waals surface area contributed by atoms with Crippen LogP contribution in [0.3, 0.4) is 0 Å². The SMILES string of the molecule is CN1CCC(n2cc(-c3cnc4c(c3)ncn4-c3cc(N)cc(-c4ccc(F)cc4F)c3)nn2)CC1. The summed E-state index contributed by atoms with van der Waals surface area (Å²) >= 11 is 0. The maximum atomic E-state index is 14.4. The Balaban J connectivity index is 1.32. The molecule has 6 rings (SSSR count). The molecular formula is C26H24F2N8. The quantitative estimate of drug-likeness (QED) is 0.377. The van der Waals surface area contributed by atoms with Crippen LogP contribution in [0.25, 0.3) is 39.2 Å². The summed E-state index contributed by atoms with van der Waals surface area (Å²) < 4.78 is 31.5. The van der Waals surface area contributed by atoms with E-state index in [9.17, 15) is 8.78 Å². The number of rotatable bonds is 4. The monoisotopic (exact) mass is 486 g/mol. The highest BCUT2D eigenvalue weighted by molar-refractivity contribution is 5.80. The highest BCUT2D eigenvalue weighted by Gasteiger charge is 2.20. The minimum absolute atomic E-state index is 0.261. The smallest absolute Gasteiger partial charge is 0.164 e. The van der Waals surface area contributed by atoms with E-state index in [2.05, 4.69) is 32.2 Å².